The Kier molecular flexibility index (Phi) is 8.24. The highest BCUT2D eigenvalue weighted by atomic mass is 16.5. The summed E-state index contributed by atoms with van der Waals surface area (Å²) in [7, 11) is 0. The largest absolute Gasteiger partial charge is 0.378 e. The zero-order valence-corrected chi connectivity index (χ0v) is 20.4. The summed E-state index contributed by atoms with van der Waals surface area (Å²) in [5, 5.41) is 3.08. The van der Waals surface area contributed by atoms with Crippen molar-refractivity contribution in [2.24, 2.45) is 5.92 Å². The fraction of sp³-hybridized carbons (Fsp3) is 0.760. The van der Waals surface area contributed by atoms with E-state index in [0.29, 0.717) is 69.9 Å². The molecule has 4 aliphatic rings. The summed E-state index contributed by atoms with van der Waals surface area (Å²) in [5.74, 6) is -0.634. The number of amides is 4. The van der Waals surface area contributed by atoms with E-state index in [4.69, 9.17) is 4.74 Å². The molecule has 3 fully saturated rings. The number of morpholine rings is 1. The van der Waals surface area contributed by atoms with Gasteiger partial charge in [-0.3, -0.25) is 19.2 Å². The van der Waals surface area contributed by atoms with Crippen LogP contribution in [-0.4, -0.2) is 90.3 Å². The van der Waals surface area contributed by atoms with Crippen molar-refractivity contribution in [3.8, 4) is 0 Å². The maximum atomic E-state index is 13.4. The van der Waals surface area contributed by atoms with Gasteiger partial charge in [-0.1, -0.05) is 12.8 Å². The highest BCUT2D eigenvalue weighted by Crippen LogP contribution is 2.31. The van der Waals surface area contributed by atoms with Gasteiger partial charge in [0.1, 0.15) is 0 Å². The van der Waals surface area contributed by atoms with Gasteiger partial charge in [-0.05, 0) is 39.0 Å². The van der Waals surface area contributed by atoms with Crippen LogP contribution in [0.4, 0.5) is 0 Å². The van der Waals surface area contributed by atoms with Crippen LogP contribution in [0.5, 0.6) is 0 Å². The monoisotopic (exact) mass is 474 g/mol. The summed E-state index contributed by atoms with van der Waals surface area (Å²) in [6.07, 6.45) is 6.76. The van der Waals surface area contributed by atoms with Gasteiger partial charge < -0.3 is 24.8 Å². The van der Waals surface area contributed by atoms with Crippen LogP contribution in [0.1, 0.15) is 64.7 Å². The molecule has 1 atom stereocenters. The van der Waals surface area contributed by atoms with Crippen molar-refractivity contribution in [1.82, 2.24) is 20.0 Å². The Labute approximate surface area is 201 Å². The molecule has 1 N–H and O–H groups in total. The van der Waals surface area contributed by atoms with Gasteiger partial charge in [0.25, 0.3) is 5.91 Å². The second-order valence-corrected chi connectivity index (χ2v) is 9.95. The molecule has 3 heterocycles. The lowest BCUT2D eigenvalue weighted by molar-refractivity contribution is -0.139. The molecule has 9 heteroatoms. The second kappa shape index (κ2) is 11.3. The zero-order valence-electron chi connectivity index (χ0n) is 20.4. The third-order valence-corrected chi connectivity index (χ3v) is 7.60. The van der Waals surface area contributed by atoms with Crippen LogP contribution in [0, 0.1) is 5.92 Å². The third-order valence-electron chi connectivity index (χ3n) is 7.60. The molecule has 0 radical (unpaired) electrons. The molecule has 3 aliphatic heterocycles. The average Bonchev–Trinajstić information content (AvgIpc) is 3.49. The molecule has 2 saturated heterocycles. The lowest BCUT2D eigenvalue weighted by atomic mass is 9.88. The van der Waals surface area contributed by atoms with Gasteiger partial charge >= 0.3 is 0 Å². The second-order valence-electron chi connectivity index (χ2n) is 9.95. The molecule has 0 bridgehead atoms. The highest BCUT2D eigenvalue weighted by molar-refractivity contribution is 5.98. The maximum absolute atomic E-state index is 13.4. The predicted molar refractivity (Wildman–Crippen MR) is 125 cm³/mol. The number of ether oxygens (including phenoxy) is 1. The fourth-order valence-corrected chi connectivity index (χ4v) is 5.61. The third kappa shape index (κ3) is 5.79. The van der Waals surface area contributed by atoms with E-state index in [2.05, 4.69) is 5.32 Å². The molecule has 9 nitrogen and oxygen atoms in total. The van der Waals surface area contributed by atoms with Gasteiger partial charge in [0.05, 0.1) is 19.1 Å². The zero-order chi connectivity index (χ0) is 24.1. The number of allylic oxidation sites excluding steroid dienone is 1. The van der Waals surface area contributed by atoms with Crippen molar-refractivity contribution in [1.29, 1.82) is 0 Å². The summed E-state index contributed by atoms with van der Waals surface area (Å²) >= 11 is 0. The Bertz CT molecular complexity index is 829. The molecule has 34 heavy (non-hydrogen) atoms. The summed E-state index contributed by atoms with van der Waals surface area (Å²) in [6, 6.07) is 0.201. The Morgan fingerprint density at radius 2 is 1.76 bits per heavy atom. The van der Waals surface area contributed by atoms with E-state index in [1.807, 2.05) is 11.8 Å². The van der Waals surface area contributed by atoms with Crippen molar-refractivity contribution in [3.63, 3.8) is 0 Å². The van der Waals surface area contributed by atoms with Crippen molar-refractivity contribution in [3.05, 3.63) is 11.3 Å². The number of nitrogens with one attached hydrogen (secondary N) is 1. The lowest BCUT2D eigenvalue weighted by Crippen LogP contribution is -2.47. The number of hydrogen-bond acceptors (Lipinski definition) is 5. The normalized spacial score (nSPS) is 24.4. The molecule has 188 valence electrons. The highest BCUT2D eigenvalue weighted by Gasteiger charge is 2.38. The van der Waals surface area contributed by atoms with E-state index in [1.165, 1.54) is 0 Å². The molecule has 0 aromatic rings. The molecule has 1 saturated carbocycles. The molecular weight excluding hydrogens is 436 g/mol. The Hall–Kier alpha value is -2.42. The van der Waals surface area contributed by atoms with Gasteiger partial charge in [-0.15, -0.1) is 0 Å². The van der Waals surface area contributed by atoms with E-state index in [1.54, 1.807) is 9.80 Å². The number of likely N-dealkylation sites (tertiary alicyclic amines) is 1. The molecule has 0 aromatic carbocycles. The van der Waals surface area contributed by atoms with Crippen LogP contribution in [0.15, 0.2) is 11.3 Å². The molecule has 1 unspecified atom stereocenters. The smallest absolute Gasteiger partial charge is 0.251 e. The van der Waals surface area contributed by atoms with Gasteiger partial charge in [0.2, 0.25) is 17.7 Å². The van der Waals surface area contributed by atoms with Crippen molar-refractivity contribution in [2.45, 2.75) is 70.8 Å². The first-order chi connectivity index (χ1) is 16.4. The van der Waals surface area contributed by atoms with Crippen molar-refractivity contribution >= 4 is 23.6 Å². The molecule has 4 rings (SSSR count). The summed E-state index contributed by atoms with van der Waals surface area (Å²) in [5.41, 5.74) is 1.30. The number of hydrogen-bond donors (Lipinski definition) is 1. The molecule has 1 aliphatic carbocycles. The van der Waals surface area contributed by atoms with Crippen LogP contribution >= 0.6 is 0 Å². The fourth-order valence-electron chi connectivity index (χ4n) is 5.61. The Morgan fingerprint density at radius 1 is 1.03 bits per heavy atom. The predicted octanol–water partition coefficient (Wildman–Crippen LogP) is 1.43. The molecule has 4 amide bonds. The van der Waals surface area contributed by atoms with E-state index in [-0.39, 0.29) is 36.1 Å². The maximum Gasteiger partial charge on any atom is 0.251 e. The summed E-state index contributed by atoms with van der Waals surface area (Å²) in [6.45, 7) is 5.74. The lowest BCUT2D eigenvalue weighted by Gasteiger charge is -2.37. The van der Waals surface area contributed by atoms with E-state index < -0.39 is 5.92 Å². The quantitative estimate of drug-likeness (QED) is 0.574. The first kappa shape index (κ1) is 24.7. The van der Waals surface area contributed by atoms with E-state index >= 15 is 0 Å². The van der Waals surface area contributed by atoms with Crippen molar-refractivity contribution in [2.75, 3.05) is 45.9 Å². The van der Waals surface area contributed by atoms with Crippen molar-refractivity contribution < 1.29 is 23.9 Å². The number of rotatable bonds is 8. The van der Waals surface area contributed by atoms with Crippen LogP contribution in [0.25, 0.3) is 0 Å². The Morgan fingerprint density at radius 3 is 2.44 bits per heavy atom. The summed E-state index contributed by atoms with van der Waals surface area (Å²) in [4.78, 5) is 56.8. The standard InChI is InChI=1S/C25H38N4O5/c1-18-21(25(33)28-12-14-34-15-13-28)16-19(17-22(30)26-20-6-2-3-7-20)24(32)29(18)11-5-10-27-9-4-8-23(27)31/h19-20H,2-17H2,1H3,(H,26,30). The molecule has 0 spiro atoms. The van der Waals surface area contributed by atoms with Gasteiger partial charge in [-0.2, -0.15) is 0 Å². The van der Waals surface area contributed by atoms with Crippen LogP contribution in [0.2, 0.25) is 0 Å². The van der Waals surface area contributed by atoms with E-state index in [9.17, 15) is 19.2 Å². The van der Waals surface area contributed by atoms with Crippen LogP contribution < -0.4 is 5.32 Å². The first-order valence-electron chi connectivity index (χ1n) is 12.9. The molecular formula is C25H38N4O5. The average molecular weight is 475 g/mol. The minimum absolute atomic E-state index is 0.0609. The SMILES string of the molecule is CC1=C(C(=O)N2CCOCC2)CC(CC(=O)NC2CCCC2)C(=O)N1CCCN1CCCC1=O. The van der Waals surface area contributed by atoms with Crippen LogP contribution in [0.3, 0.4) is 0 Å². The van der Waals surface area contributed by atoms with Gasteiger partial charge in [0, 0.05) is 62.9 Å². The number of carbonyl (C=O) groups is 4. The van der Waals surface area contributed by atoms with Gasteiger partial charge in [0.15, 0.2) is 0 Å². The number of carbonyl (C=O) groups excluding carboxylic acids is 4. The van der Waals surface area contributed by atoms with Gasteiger partial charge in [-0.25, -0.2) is 0 Å². The summed E-state index contributed by atoms with van der Waals surface area (Å²) < 4.78 is 5.39. The van der Waals surface area contributed by atoms with E-state index in [0.717, 1.165) is 38.6 Å². The Balaban J connectivity index is 1.46. The number of nitrogens with zero attached hydrogens (tertiary/aromatic N) is 3. The van der Waals surface area contributed by atoms with Crippen LogP contribution in [-0.2, 0) is 23.9 Å². The topological polar surface area (TPSA) is 99.3 Å². The molecule has 0 aromatic heterocycles. The first-order valence-corrected chi connectivity index (χ1v) is 12.9. The minimum Gasteiger partial charge on any atom is -0.378 e. The minimum atomic E-state index is -0.543.